The fourth-order valence-electron chi connectivity index (χ4n) is 1.30. The van der Waals surface area contributed by atoms with Gasteiger partial charge in [-0.2, -0.15) is 5.10 Å². The topological polar surface area (TPSA) is 46.9 Å². The van der Waals surface area contributed by atoms with Crippen molar-refractivity contribution < 1.29 is 0 Å². The Balaban J connectivity index is 2.21. The Kier molecular flexibility index (Phi) is 5.04. The van der Waals surface area contributed by atoms with Gasteiger partial charge in [0.15, 0.2) is 0 Å². The third-order valence-corrected chi connectivity index (χ3v) is 2.06. The van der Waals surface area contributed by atoms with E-state index in [1.54, 1.807) is 12.3 Å². The van der Waals surface area contributed by atoms with Gasteiger partial charge in [0.05, 0.1) is 0 Å². The fourth-order valence-corrected chi connectivity index (χ4v) is 1.30. The molecule has 0 amide bonds. The van der Waals surface area contributed by atoms with Crippen molar-refractivity contribution in [2.75, 3.05) is 13.1 Å². The summed E-state index contributed by atoms with van der Waals surface area (Å²) in [5.41, 5.74) is -0.0265. The first kappa shape index (κ1) is 11.9. The summed E-state index contributed by atoms with van der Waals surface area (Å²) in [6.07, 6.45) is 2.58. The number of nitrogens with zero attached hydrogens (tertiary/aromatic N) is 2. The SMILES string of the molecule is CC(C)CNCCCn1ncccc1=O. The molecule has 0 aromatic carbocycles. The van der Waals surface area contributed by atoms with E-state index >= 15 is 0 Å². The lowest BCUT2D eigenvalue weighted by atomic mass is 10.2. The van der Waals surface area contributed by atoms with Crippen LogP contribution in [0.1, 0.15) is 20.3 Å². The molecule has 1 rings (SSSR count). The highest BCUT2D eigenvalue weighted by atomic mass is 16.1. The maximum absolute atomic E-state index is 11.3. The zero-order chi connectivity index (χ0) is 11.1. The van der Waals surface area contributed by atoms with E-state index in [0.29, 0.717) is 12.5 Å². The van der Waals surface area contributed by atoms with Crippen LogP contribution in [0.5, 0.6) is 0 Å². The second kappa shape index (κ2) is 6.35. The van der Waals surface area contributed by atoms with Crippen molar-refractivity contribution in [2.45, 2.75) is 26.8 Å². The van der Waals surface area contributed by atoms with Crippen LogP contribution in [0.2, 0.25) is 0 Å². The third-order valence-electron chi connectivity index (χ3n) is 2.06. The first-order valence-electron chi connectivity index (χ1n) is 5.43. The molecule has 4 nitrogen and oxygen atoms in total. The molecule has 0 saturated heterocycles. The molecule has 1 aromatic heterocycles. The smallest absolute Gasteiger partial charge is 0.266 e. The molecule has 0 unspecified atom stereocenters. The lowest BCUT2D eigenvalue weighted by molar-refractivity contribution is 0.495. The predicted octanol–water partition coefficient (Wildman–Crippen LogP) is 0.879. The summed E-state index contributed by atoms with van der Waals surface area (Å²) in [6.45, 7) is 7.00. The third kappa shape index (κ3) is 4.74. The van der Waals surface area contributed by atoms with Gasteiger partial charge in [-0.1, -0.05) is 13.8 Å². The number of aromatic nitrogens is 2. The summed E-state index contributed by atoms with van der Waals surface area (Å²) >= 11 is 0. The molecule has 0 radical (unpaired) electrons. The molecule has 4 heteroatoms. The normalized spacial score (nSPS) is 10.9. The molecule has 1 aromatic rings. The van der Waals surface area contributed by atoms with E-state index in [0.717, 1.165) is 19.5 Å². The first-order chi connectivity index (χ1) is 7.20. The van der Waals surface area contributed by atoms with Gasteiger partial charge in [-0.05, 0) is 31.5 Å². The lowest BCUT2D eigenvalue weighted by Crippen LogP contribution is -2.25. The van der Waals surface area contributed by atoms with Gasteiger partial charge in [0.2, 0.25) is 0 Å². The van der Waals surface area contributed by atoms with E-state index in [4.69, 9.17) is 0 Å². The van der Waals surface area contributed by atoms with Gasteiger partial charge in [0.25, 0.3) is 5.56 Å². The van der Waals surface area contributed by atoms with Crippen LogP contribution in [0, 0.1) is 5.92 Å². The molecular weight excluding hydrogens is 190 g/mol. The molecular formula is C11H19N3O. The van der Waals surface area contributed by atoms with Crippen LogP contribution in [0.3, 0.4) is 0 Å². The molecule has 0 aliphatic carbocycles. The number of nitrogens with one attached hydrogen (secondary N) is 1. The molecule has 0 aliphatic heterocycles. The minimum absolute atomic E-state index is 0.0265. The van der Waals surface area contributed by atoms with Crippen molar-refractivity contribution in [3.05, 3.63) is 28.7 Å². The molecule has 0 atom stereocenters. The molecule has 1 N–H and O–H groups in total. The van der Waals surface area contributed by atoms with Gasteiger partial charge in [-0.15, -0.1) is 0 Å². The monoisotopic (exact) mass is 209 g/mol. The average Bonchev–Trinajstić information content (AvgIpc) is 2.20. The molecule has 0 spiro atoms. The van der Waals surface area contributed by atoms with Crippen LogP contribution >= 0.6 is 0 Å². The van der Waals surface area contributed by atoms with E-state index in [2.05, 4.69) is 24.3 Å². The minimum Gasteiger partial charge on any atom is -0.316 e. The van der Waals surface area contributed by atoms with Crippen molar-refractivity contribution in [1.82, 2.24) is 15.1 Å². The van der Waals surface area contributed by atoms with E-state index in [9.17, 15) is 4.79 Å². The highest BCUT2D eigenvalue weighted by Gasteiger charge is 1.96. The summed E-state index contributed by atoms with van der Waals surface area (Å²) in [4.78, 5) is 11.3. The maximum atomic E-state index is 11.3. The zero-order valence-electron chi connectivity index (χ0n) is 9.44. The van der Waals surface area contributed by atoms with Crippen LogP contribution in [0.15, 0.2) is 23.1 Å². The lowest BCUT2D eigenvalue weighted by Gasteiger charge is -2.07. The van der Waals surface area contributed by atoms with Crippen molar-refractivity contribution >= 4 is 0 Å². The Morgan fingerprint density at radius 2 is 2.33 bits per heavy atom. The molecule has 0 aliphatic rings. The van der Waals surface area contributed by atoms with E-state index in [1.807, 2.05) is 0 Å². The molecule has 0 saturated carbocycles. The van der Waals surface area contributed by atoms with Crippen LogP contribution in [0.25, 0.3) is 0 Å². The van der Waals surface area contributed by atoms with Gasteiger partial charge in [-0.25, -0.2) is 4.68 Å². The Labute approximate surface area is 90.3 Å². The molecule has 1 heterocycles. The van der Waals surface area contributed by atoms with Gasteiger partial charge >= 0.3 is 0 Å². The Bertz CT molecular complexity index is 333. The minimum atomic E-state index is -0.0265. The predicted molar refractivity (Wildman–Crippen MR) is 60.8 cm³/mol. The second-order valence-corrected chi connectivity index (χ2v) is 4.04. The van der Waals surface area contributed by atoms with Gasteiger partial charge in [0.1, 0.15) is 0 Å². The van der Waals surface area contributed by atoms with Crippen molar-refractivity contribution in [2.24, 2.45) is 5.92 Å². The van der Waals surface area contributed by atoms with Crippen molar-refractivity contribution in [3.63, 3.8) is 0 Å². The van der Waals surface area contributed by atoms with Crippen LogP contribution in [-0.4, -0.2) is 22.9 Å². The van der Waals surface area contributed by atoms with Crippen LogP contribution in [0.4, 0.5) is 0 Å². The van der Waals surface area contributed by atoms with E-state index in [1.165, 1.54) is 10.7 Å². The van der Waals surface area contributed by atoms with Gasteiger partial charge in [-0.3, -0.25) is 4.79 Å². The average molecular weight is 209 g/mol. The summed E-state index contributed by atoms with van der Waals surface area (Å²) in [5, 5.41) is 7.32. The van der Waals surface area contributed by atoms with Gasteiger partial charge in [0, 0.05) is 18.8 Å². The molecule has 84 valence electrons. The highest BCUT2D eigenvalue weighted by molar-refractivity contribution is 4.84. The summed E-state index contributed by atoms with van der Waals surface area (Å²) < 4.78 is 1.50. The van der Waals surface area contributed by atoms with Gasteiger partial charge < -0.3 is 5.32 Å². The van der Waals surface area contributed by atoms with Crippen molar-refractivity contribution in [3.8, 4) is 0 Å². The quantitative estimate of drug-likeness (QED) is 0.707. The number of hydrogen-bond acceptors (Lipinski definition) is 3. The van der Waals surface area contributed by atoms with Crippen molar-refractivity contribution in [1.29, 1.82) is 0 Å². The molecule has 0 fully saturated rings. The highest BCUT2D eigenvalue weighted by Crippen LogP contribution is 1.88. The fraction of sp³-hybridized carbons (Fsp3) is 0.636. The summed E-state index contributed by atoms with van der Waals surface area (Å²) in [7, 11) is 0. The standard InChI is InChI=1S/C11H19N3O/c1-10(2)9-12-6-4-8-14-11(15)5-3-7-13-14/h3,5,7,10,12H,4,6,8-9H2,1-2H3. The van der Waals surface area contributed by atoms with E-state index in [-0.39, 0.29) is 5.56 Å². The zero-order valence-corrected chi connectivity index (χ0v) is 9.44. The first-order valence-corrected chi connectivity index (χ1v) is 5.43. The van der Waals surface area contributed by atoms with E-state index < -0.39 is 0 Å². The maximum Gasteiger partial charge on any atom is 0.266 e. The summed E-state index contributed by atoms with van der Waals surface area (Å²) in [6, 6.07) is 3.20. The number of hydrogen-bond donors (Lipinski definition) is 1. The molecule has 0 bridgehead atoms. The number of aryl methyl sites for hydroxylation is 1. The van der Waals surface area contributed by atoms with Crippen LogP contribution in [-0.2, 0) is 6.54 Å². The largest absolute Gasteiger partial charge is 0.316 e. The molecule has 15 heavy (non-hydrogen) atoms. The Morgan fingerprint density at radius 3 is 3.00 bits per heavy atom. The Morgan fingerprint density at radius 1 is 1.53 bits per heavy atom. The summed E-state index contributed by atoms with van der Waals surface area (Å²) in [5.74, 6) is 0.669. The second-order valence-electron chi connectivity index (χ2n) is 4.04. The Hall–Kier alpha value is -1.16. The number of rotatable bonds is 6. The van der Waals surface area contributed by atoms with Crippen LogP contribution < -0.4 is 10.9 Å².